The maximum atomic E-state index is 12.3. The average molecular weight is 295 g/mol. The van der Waals surface area contributed by atoms with Gasteiger partial charge in [0.2, 0.25) is 0 Å². The van der Waals surface area contributed by atoms with E-state index < -0.39 is 0 Å². The lowest BCUT2D eigenvalue weighted by Crippen LogP contribution is -2.23. The van der Waals surface area contributed by atoms with Gasteiger partial charge in [-0.25, -0.2) is 4.99 Å². The van der Waals surface area contributed by atoms with Gasteiger partial charge in [-0.15, -0.1) is 0 Å². The Morgan fingerprint density at radius 2 is 1.86 bits per heavy atom. The molecular weight excluding hydrogens is 282 g/mol. The van der Waals surface area contributed by atoms with E-state index in [1.807, 2.05) is 48.5 Å². The van der Waals surface area contributed by atoms with Crippen LogP contribution in [0.25, 0.3) is 6.08 Å². The minimum Gasteiger partial charge on any atom is -0.290 e. The molecule has 0 unspecified atom stereocenters. The van der Waals surface area contributed by atoms with Crippen molar-refractivity contribution in [1.29, 1.82) is 0 Å². The van der Waals surface area contributed by atoms with E-state index in [1.165, 1.54) is 11.8 Å². The van der Waals surface area contributed by atoms with Crippen LogP contribution in [0.2, 0.25) is 0 Å². The number of aromatic nitrogens is 1. The third-order valence-electron chi connectivity index (χ3n) is 2.99. The molecule has 3 rings (SSSR count). The van der Waals surface area contributed by atoms with Crippen molar-refractivity contribution in [2.45, 2.75) is 0 Å². The molecule has 0 saturated carbocycles. The van der Waals surface area contributed by atoms with Gasteiger partial charge in [0.15, 0.2) is 5.17 Å². The van der Waals surface area contributed by atoms with E-state index in [1.54, 1.807) is 24.3 Å². The van der Waals surface area contributed by atoms with E-state index in [2.05, 4.69) is 9.98 Å². The van der Waals surface area contributed by atoms with Crippen LogP contribution >= 0.6 is 11.8 Å². The van der Waals surface area contributed by atoms with Crippen LogP contribution in [0.1, 0.15) is 5.56 Å². The normalized spacial score (nSPS) is 18.7. The molecule has 21 heavy (non-hydrogen) atoms. The highest BCUT2D eigenvalue weighted by Crippen LogP contribution is 2.32. The predicted octanol–water partition coefficient (Wildman–Crippen LogP) is 3.32. The average Bonchev–Trinajstić information content (AvgIpc) is 2.78. The molecule has 0 bridgehead atoms. The quantitative estimate of drug-likeness (QED) is 0.798. The fourth-order valence-electron chi connectivity index (χ4n) is 1.88. The van der Waals surface area contributed by atoms with Crippen LogP contribution < -0.4 is 0 Å². The van der Waals surface area contributed by atoms with Gasteiger partial charge >= 0.3 is 0 Å². The number of amidine groups is 1. The zero-order valence-corrected chi connectivity index (χ0v) is 12.2. The molecule has 0 aliphatic carbocycles. The maximum Gasteiger partial charge on any atom is 0.266 e. The summed E-state index contributed by atoms with van der Waals surface area (Å²) in [5.74, 6) is -0.0357. The maximum absolute atomic E-state index is 12.3. The summed E-state index contributed by atoms with van der Waals surface area (Å²) in [4.78, 5) is 23.0. The van der Waals surface area contributed by atoms with E-state index in [9.17, 15) is 4.79 Å². The predicted molar refractivity (Wildman–Crippen MR) is 86.1 cm³/mol. The molecule has 4 nitrogen and oxygen atoms in total. The number of carbonyl (C=O) groups is 1. The molecule has 0 radical (unpaired) electrons. The van der Waals surface area contributed by atoms with Crippen LogP contribution in [-0.4, -0.2) is 28.0 Å². The molecule has 1 aliphatic heterocycles. The summed E-state index contributed by atoms with van der Waals surface area (Å²) in [6.45, 7) is 0. The number of carbonyl (C=O) groups excluding carboxylic acids is 1. The molecule has 1 saturated heterocycles. The topological polar surface area (TPSA) is 45.6 Å². The standard InChI is InChI=1S/C16H13N3OS/c1-19-15(20)14(11-12-7-9-17-10-8-12)21-16(19)18-13-5-3-2-4-6-13/h2-11H,1H3. The molecule has 1 aromatic carbocycles. The number of pyridine rings is 1. The fourth-order valence-corrected chi connectivity index (χ4v) is 2.86. The summed E-state index contributed by atoms with van der Waals surface area (Å²) < 4.78 is 0. The van der Waals surface area contributed by atoms with Crippen LogP contribution in [0.4, 0.5) is 5.69 Å². The van der Waals surface area contributed by atoms with Gasteiger partial charge in [0.1, 0.15) is 0 Å². The monoisotopic (exact) mass is 295 g/mol. The summed E-state index contributed by atoms with van der Waals surface area (Å²) in [6, 6.07) is 13.4. The minimum atomic E-state index is -0.0357. The highest BCUT2D eigenvalue weighted by Gasteiger charge is 2.30. The summed E-state index contributed by atoms with van der Waals surface area (Å²) in [6.07, 6.45) is 5.27. The number of aliphatic imine (C=N–C) groups is 1. The van der Waals surface area contributed by atoms with Crippen LogP contribution in [0.15, 0.2) is 64.8 Å². The second kappa shape index (κ2) is 5.93. The molecule has 0 N–H and O–H groups in total. The van der Waals surface area contributed by atoms with Gasteiger partial charge in [-0.2, -0.15) is 0 Å². The van der Waals surface area contributed by atoms with Crippen molar-refractivity contribution >= 4 is 34.6 Å². The van der Waals surface area contributed by atoms with Crippen molar-refractivity contribution in [2.75, 3.05) is 7.05 Å². The number of likely N-dealkylation sites (N-methyl/N-ethyl adjacent to an activating group) is 1. The van der Waals surface area contributed by atoms with Crippen molar-refractivity contribution in [3.05, 3.63) is 65.3 Å². The Kier molecular flexibility index (Phi) is 3.83. The molecule has 2 heterocycles. The summed E-state index contributed by atoms with van der Waals surface area (Å²) >= 11 is 1.38. The lowest BCUT2D eigenvalue weighted by molar-refractivity contribution is -0.121. The summed E-state index contributed by atoms with van der Waals surface area (Å²) in [7, 11) is 1.74. The fraction of sp³-hybridized carbons (Fsp3) is 0.0625. The number of nitrogens with zero attached hydrogens (tertiary/aromatic N) is 3. The molecule has 104 valence electrons. The lowest BCUT2D eigenvalue weighted by atomic mass is 10.2. The van der Waals surface area contributed by atoms with Crippen molar-refractivity contribution in [1.82, 2.24) is 9.88 Å². The van der Waals surface area contributed by atoms with Gasteiger partial charge in [-0.3, -0.25) is 14.7 Å². The highest BCUT2D eigenvalue weighted by atomic mass is 32.2. The smallest absolute Gasteiger partial charge is 0.266 e. The number of rotatable bonds is 2. The molecule has 0 atom stereocenters. The van der Waals surface area contributed by atoms with E-state index in [4.69, 9.17) is 0 Å². The molecule has 1 aromatic heterocycles. The first-order valence-corrected chi connectivity index (χ1v) is 7.27. The number of thioether (sulfide) groups is 1. The third kappa shape index (κ3) is 3.03. The Morgan fingerprint density at radius 3 is 2.57 bits per heavy atom. The summed E-state index contributed by atoms with van der Waals surface area (Å²) in [5.41, 5.74) is 1.79. The number of hydrogen-bond acceptors (Lipinski definition) is 4. The van der Waals surface area contributed by atoms with E-state index in [-0.39, 0.29) is 5.91 Å². The zero-order valence-electron chi connectivity index (χ0n) is 11.4. The molecule has 0 spiro atoms. The second-order valence-electron chi connectivity index (χ2n) is 4.49. The number of amides is 1. The number of hydrogen-bond donors (Lipinski definition) is 0. The Labute approximate surface area is 127 Å². The zero-order chi connectivity index (χ0) is 14.7. The summed E-state index contributed by atoms with van der Waals surface area (Å²) in [5, 5.41) is 0.687. The van der Waals surface area contributed by atoms with Crippen molar-refractivity contribution in [3.63, 3.8) is 0 Å². The van der Waals surface area contributed by atoms with E-state index in [0.29, 0.717) is 10.1 Å². The Bertz CT molecular complexity index is 711. The minimum absolute atomic E-state index is 0.0357. The van der Waals surface area contributed by atoms with Gasteiger partial charge in [-0.05, 0) is 47.7 Å². The third-order valence-corrected chi connectivity index (χ3v) is 4.05. The number of para-hydroxylation sites is 1. The van der Waals surface area contributed by atoms with Gasteiger partial charge in [-0.1, -0.05) is 18.2 Å². The molecule has 2 aromatic rings. The van der Waals surface area contributed by atoms with Crippen molar-refractivity contribution < 1.29 is 4.79 Å². The molecule has 5 heteroatoms. The Balaban J connectivity index is 1.89. The highest BCUT2D eigenvalue weighted by molar-refractivity contribution is 8.18. The number of benzene rings is 1. The molecule has 1 fully saturated rings. The Hall–Kier alpha value is -2.40. The first-order valence-electron chi connectivity index (χ1n) is 6.45. The van der Waals surface area contributed by atoms with Gasteiger partial charge < -0.3 is 0 Å². The Morgan fingerprint density at radius 1 is 1.14 bits per heavy atom. The lowest BCUT2D eigenvalue weighted by Gasteiger charge is -2.06. The largest absolute Gasteiger partial charge is 0.290 e. The van der Waals surface area contributed by atoms with E-state index >= 15 is 0 Å². The van der Waals surface area contributed by atoms with Crippen molar-refractivity contribution in [3.8, 4) is 0 Å². The van der Waals surface area contributed by atoms with Gasteiger partial charge in [0.25, 0.3) is 5.91 Å². The first-order chi connectivity index (χ1) is 10.2. The van der Waals surface area contributed by atoms with Gasteiger partial charge in [0, 0.05) is 19.4 Å². The van der Waals surface area contributed by atoms with Crippen LogP contribution in [0.5, 0.6) is 0 Å². The SMILES string of the molecule is CN1C(=O)C(=Cc2ccncc2)SC1=Nc1ccccc1. The van der Waals surface area contributed by atoms with E-state index in [0.717, 1.165) is 11.3 Å². The van der Waals surface area contributed by atoms with Crippen LogP contribution in [-0.2, 0) is 4.79 Å². The van der Waals surface area contributed by atoms with Crippen LogP contribution in [0, 0.1) is 0 Å². The van der Waals surface area contributed by atoms with Crippen LogP contribution in [0.3, 0.4) is 0 Å². The van der Waals surface area contributed by atoms with Gasteiger partial charge in [0.05, 0.1) is 10.6 Å². The first kappa shape index (κ1) is 13.6. The molecular formula is C16H13N3OS. The van der Waals surface area contributed by atoms with Crippen molar-refractivity contribution in [2.24, 2.45) is 4.99 Å². The molecule has 1 amide bonds. The second-order valence-corrected chi connectivity index (χ2v) is 5.49. The molecule has 1 aliphatic rings.